The number of hydrogen-bond donors (Lipinski definition) is 1. The zero-order valence-corrected chi connectivity index (χ0v) is 17.0. The van der Waals surface area contributed by atoms with Gasteiger partial charge in [-0.05, 0) is 50.1 Å². The number of ether oxygens (including phenoxy) is 1. The van der Waals surface area contributed by atoms with E-state index in [-0.39, 0.29) is 18.0 Å². The first kappa shape index (κ1) is 20.0. The molecule has 1 aromatic heterocycles. The average molecular weight is 398 g/mol. The van der Waals surface area contributed by atoms with Crippen molar-refractivity contribution in [1.82, 2.24) is 14.9 Å². The van der Waals surface area contributed by atoms with Crippen LogP contribution in [0.3, 0.4) is 0 Å². The van der Waals surface area contributed by atoms with Gasteiger partial charge < -0.3 is 4.74 Å². The van der Waals surface area contributed by atoms with Crippen molar-refractivity contribution in [2.24, 2.45) is 0 Å². The Labute approximate surface area is 165 Å². The molecule has 0 bridgehead atoms. The molecule has 2 aromatic carbocycles. The number of benzene rings is 2. The highest BCUT2D eigenvalue weighted by Crippen LogP contribution is 2.18. The monoisotopic (exact) mass is 397 g/mol. The fraction of sp³-hybridized carbons (Fsp3) is 0.238. The number of aromatic nitrogens is 2. The molecule has 0 aliphatic heterocycles. The van der Waals surface area contributed by atoms with E-state index in [1.807, 2.05) is 51.1 Å². The molecule has 3 rings (SSSR count). The van der Waals surface area contributed by atoms with Crippen molar-refractivity contribution in [3.05, 3.63) is 71.3 Å². The number of nitrogens with zero attached hydrogens (tertiary/aromatic N) is 2. The molecule has 146 valence electrons. The molecule has 0 unspecified atom stereocenters. The maximum absolute atomic E-state index is 12.3. The summed E-state index contributed by atoms with van der Waals surface area (Å²) in [5.74, 6) is 0.348. The van der Waals surface area contributed by atoms with E-state index in [9.17, 15) is 8.42 Å². The summed E-state index contributed by atoms with van der Waals surface area (Å²) >= 11 is 0. The lowest BCUT2D eigenvalue weighted by atomic mass is 10.1. The van der Waals surface area contributed by atoms with Gasteiger partial charge in [-0.2, -0.15) is 0 Å². The van der Waals surface area contributed by atoms with Crippen molar-refractivity contribution in [2.75, 3.05) is 13.2 Å². The van der Waals surface area contributed by atoms with Crippen LogP contribution in [0.15, 0.2) is 59.5 Å². The van der Waals surface area contributed by atoms with Gasteiger partial charge in [0.25, 0.3) is 0 Å². The van der Waals surface area contributed by atoms with Crippen LogP contribution in [0, 0.1) is 20.8 Å². The fourth-order valence-corrected chi connectivity index (χ4v) is 3.67. The lowest BCUT2D eigenvalue weighted by Gasteiger charge is -2.09. The summed E-state index contributed by atoms with van der Waals surface area (Å²) in [6.07, 6.45) is 0. The third-order valence-electron chi connectivity index (χ3n) is 4.42. The maximum atomic E-state index is 12.3. The van der Waals surface area contributed by atoms with Gasteiger partial charge in [-0.3, -0.25) is 0 Å². The van der Waals surface area contributed by atoms with E-state index in [1.165, 1.54) is 5.56 Å². The van der Waals surface area contributed by atoms with Crippen LogP contribution in [-0.4, -0.2) is 31.8 Å². The summed E-state index contributed by atoms with van der Waals surface area (Å²) < 4.78 is 32.7. The number of rotatable bonds is 7. The molecule has 0 aliphatic rings. The van der Waals surface area contributed by atoms with E-state index in [4.69, 9.17) is 4.74 Å². The Balaban J connectivity index is 1.53. The second-order valence-corrected chi connectivity index (χ2v) is 8.38. The van der Waals surface area contributed by atoms with Gasteiger partial charge in [0.15, 0.2) is 0 Å². The smallest absolute Gasteiger partial charge is 0.240 e. The Bertz CT molecular complexity index is 1050. The van der Waals surface area contributed by atoms with Gasteiger partial charge in [-0.1, -0.05) is 35.9 Å². The molecule has 1 N–H and O–H groups in total. The van der Waals surface area contributed by atoms with Crippen molar-refractivity contribution < 1.29 is 13.2 Å². The van der Waals surface area contributed by atoms with E-state index >= 15 is 0 Å². The van der Waals surface area contributed by atoms with E-state index < -0.39 is 10.0 Å². The Kier molecular flexibility index (Phi) is 6.06. The number of nitrogens with one attached hydrogen (secondary N) is 1. The quantitative estimate of drug-likeness (QED) is 0.618. The molecule has 0 atom stereocenters. The third-order valence-corrected chi connectivity index (χ3v) is 5.88. The van der Waals surface area contributed by atoms with Gasteiger partial charge in [0.05, 0.1) is 10.6 Å². The summed E-state index contributed by atoms with van der Waals surface area (Å²) in [6.45, 7) is 6.15. The largest absolute Gasteiger partial charge is 0.475 e. The van der Waals surface area contributed by atoms with Crippen LogP contribution in [0.1, 0.15) is 16.7 Å². The van der Waals surface area contributed by atoms with Gasteiger partial charge in [0.2, 0.25) is 15.9 Å². The Morgan fingerprint density at radius 1 is 0.893 bits per heavy atom. The second-order valence-electron chi connectivity index (χ2n) is 6.62. The molecule has 28 heavy (non-hydrogen) atoms. The highest BCUT2D eigenvalue weighted by molar-refractivity contribution is 7.89. The lowest BCUT2D eigenvalue weighted by Crippen LogP contribution is -2.28. The maximum Gasteiger partial charge on any atom is 0.240 e. The van der Waals surface area contributed by atoms with Crippen LogP contribution < -0.4 is 9.46 Å². The molecule has 0 amide bonds. The van der Waals surface area contributed by atoms with Gasteiger partial charge >= 0.3 is 0 Å². The predicted molar refractivity (Wildman–Crippen MR) is 109 cm³/mol. The SMILES string of the molecule is Cc1ccc(-c2ccc(OCCNS(=O)(=O)c3ccc(C)c(C)c3)nn2)cc1. The molecule has 0 saturated carbocycles. The Morgan fingerprint density at radius 2 is 1.64 bits per heavy atom. The first-order valence-corrected chi connectivity index (χ1v) is 10.4. The van der Waals surface area contributed by atoms with E-state index in [2.05, 4.69) is 14.9 Å². The number of aryl methyl sites for hydroxylation is 3. The zero-order chi connectivity index (χ0) is 20.1. The zero-order valence-electron chi connectivity index (χ0n) is 16.1. The Hall–Kier alpha value is -2.77. The third kappa shape index (κ3) is 4.94. The summed E-state index contributed by atoms with van der Waals surface area (Å²) in [6, 6.07) is 16.6. The summed E-state index contributed by atoms with van der Waals surface area (Å²) in [5.41, 5.74) is 4.89. The molecule has 6 nitrogen and oxygen atoms in total. The Morgan fingerprint density at radius 3 is 2.29 bits per heavy atom. The van der Waals surface area contributed by atoms with E-state index in [1.54, 1.807) is 24.3 Å². The van der Waals surface area contributed by atoms with Crippen molar-refractivity contribution >= 4 is 10.0 Å². The fourth-order valence-electron chi connectivity index (χ4n) is 2.57. The average Bonchev–Trinajstić information content (AvgIpc) is 2.68. The van der Waals surface area contributed by atoms with Crippen molar-refractivity contribution in [3.8, 4) is 17.1 Å². The minimum atomic E-state index is -3.57. The highest BCUT2D eigenvalue weighted by Gasteiger charge is 2.14. The van der Waals surface area contributed by atoms with E-state index in [0.29, 0.717) is 5.88 Å². The van der Waals surface area contributed by atoms with E-state index in [0.717, 1.165) is 22.4 Å². The molecule has 0 saturated heterocycles. The molecule has 0 aliphatic carbocycles. The molecular formula is C21H23N3O3S. The minimum absolute atomic E-state index is 0.136. The molecule has 1 heterocycles. The first-order valence-electron chi connectivity index (χ1n) is 8.96. The van der Waals surface area contributed by atoms with Crippen molar-refractivity contribution in [1.29, 1.82) is 0 Å². The molecule has 3 aromatic rings. The topological polar surface area (TPSA) is 81.2 Å². The van der Waals surface area contributed by atoms with Gasteiger partial charge in [-0.15, -0.1) is 10.2 Å². The highest BCUT2D eigenvalue weighted by atomic mass is 32.2. The minimum Gasteiger partial charge on any atom is -0.475 e. The first-order chi connectivity index (χ1) is 13.3. The van der Waals surface area contributed by atoms with Crippen LogP contribution in [0.25, 0.3) is 11.3 Å². The summed E-state index contributed by atoms with van der Waals surface area (Å²) in [5, 5.41) is 8.20. The van der Waals surface area contributed by atoms with Crippen LogP contribution in [-0.2, 0) is 10.0 Å². The molecular weight excluding hydrogens is 374 g/mol. The number of sulfonamides is 1. The van der Waals surface area contributed by atoms with Crippen LogP contribution >= 0.6 is 0 Å². The normalized spacial score (nSPS) is 11.4. The van der Waals surface area contributed by atoms with Crippen LogP contribution in [0.2, 0.25) is 0 Å². The van der Waals surface area contributed by atoms with Crippen molar-refractivity contribution in [3.63, 3.8) is 0 Å². The number of hydrogen-bond acceptors (Lipinski definition) is 5. The summed E-state index contributed by atoms with van der Waals surface area (Å²) in [7, 11) is -3.57. The second kappa shape index (κ2) is 8.50. The lowest BCUT2D eigenvalue weighted by molar-refractivity contribution is 0.307. The van der Waals surface area contributed by atoms with Crippen LogP contribution in [0.5, 0.6) is 5.88 Å². The molecule has 0 spiro atoms. The van der Waals surface area contributed by atoms with Gasteiger partial charge in [-0.25, -0.2) is 13.1 Å². The van der Waals surface area contributed by atoms with Crippen LogP contribution in [0.4, 0.5) is 0 Å². The summed E-state index contributed by atoms with van der Waals surface area (Å²) in [4.78, 5) is 0.248. The molecule has 0 fully saturated rings. The standard InChI is InChI=1S/C21H23N3O3S/c1-15-4-7-18(8-5-15)20-10-11-21(24-23-20)27-13-12-22-28(25,26)19-9-6-16(2)17(3)14-19/h4-11,14,22H,12-13H2,1-3H3. The van der Waals surface area contributed by atoms with Gasteiger partial charge in [0, 0.05) is 18.2 Å². The van der Waals surface area contributed by atoms with Crippen molar-refractivity contribution in [2.45, 2.75) is 25.7 Å². The molecule has 7 heteroatoms. The predicted octanol–water partition coefficient (Wildman–Crippen LogP) is 3.43. The molecule has 0 radical (unpaired) electrons. The van der Waals surface area contributed by atoms with Gasteiger partial charge in [0.1, 0.15) is 6.61 Å².